The summed E-state index contributed by atoms with van der Waals surface area (Å²) < 4.78 is 0. The van der Waals surface area contributed by atoms with E-state index in [2.05, 4.69) is 10.6 Å². The van der Waals surface area contributed by atoms with Gasteiger partial charge in [-0.3, -0.25) is 9.59 Å². The summed E-state index contributed by atoms with van der Waals surface area (Å²) in [6, 6.07) is 8.73. The normalized spacial score (nSPS) is 13.2. The molecular weight excluding hydrogens is 321 g/mol. The minimum atomic E-state index is -1.55. The fourth-order valence-electron chi connectivity index (χ4n) is 2.42. The summed E-state index contributed by atoms with van der Waals surface area (Å²) in [5.74, 6) is -1.01. The second kappa shape index (κ2) is 10.9. The minimum Gasteiger partial charge on any atom is -0.427 e. The molecule has 0 heterocycles. The first-order valence-electron chi connectivity index (χ1n) is 8.49. The molecule has 0 fully saturated rings. The quantitative estimate of drug-likeness (QED) is 0.370. The van der Waals surface area contributed by atoms with E-state index in [-0.39, 0.29) is 19.0 Å². The van der Waals surface area contributed by atoms with E-state index in [0.717, 1.165) is 5.56 Å². The molecule has 0 saturated carbocycles. The Morgan fingerprint density at radius 3 is 2.36 bits per heavy atom. The van der Waals surface area contributed by atoms with Crippen molar-refractivity contribution in [3.8, 4) is 0 Å². The summed E-state index contributed by atoms with van der Waals surface area (Å²) in [6.45, 7) is 3.84. The maximum Gasteiger partial charge on any atom is 0.456 e. The van der Waals surface area contributed by atoms with Crippen molar-refractivity contribution >= 4 is 18.9 Å². The van der Waals surface area contributed by atoms with E-state index in [1.807, 2.05) is 44.2 Å². The highest BCUT2D eigenvalue weighted by Crippen LogP contribution is 2.14. The summed E-state index contributed by atoms with van der Waals surface area (Å²) in [7, 11) is -1.55. The number of hydrogen-bond donors (Lipinski definition) is 5. The van der Waals surface area contributed by atoms with Crippen molar-refractivity contribution in [1.29, 1.82) is 0 Å². The molecule has 0 aromatic heterocycles. The Labute approximate surface area is 149 Å². The van der Waals surface area contributed by atoms with Gasteiger partial charge < -0.3 is 26.4 Å². The molecule has 6 N–H and O–H groups in total. The zero-order valence-electron chi connectivity index (χ0n) is 14.8. The molecule has 0 radical (unpaired) electrons. The monoisotopic (exact) mass is 349 g/mol. The van der Waals surface area contributed by atoms with Crippen molar-refractivity contribution in [1.82, 2.24) is 10.6 Å². The number of carbonyl (C=O) groups is 2. The van der Waals surface area contributed by atoms with Gasteiger partial charge in [0.15, 0.2) is 0 Å². The summed E-state index contributed by atoms with van der Waals surface area (Å²) in [5.41, 5.74) is 6.69. The van der Waals surface area contributed by atoms with Gasteiger partial charge >= 0.3 is 7.12 Å². The molecular formula is C17H28BN3O4. The van der Waals surface area contributed by atoms with Crippen molar-refractivity contribution in [2.75, 3.05) is 13.1 Å². The van der Waals surface area contributed by atoms with Gasteiger partial charge in [0.2, 0.25) is 11.8 Å². The Morgan fingerprint density at radius 1 is 1.16 bits per heavy atom. The van der Waals surface area contributed by atoms with Crippen LogP contribution in [0, 0.1) is 5.92 Å². The molecule has 7 nitrogen and oxygen atoms in total. The third kappa shape index (κ3) is 8.67. The number of hydrogen-bond acceptors (Lipinski definition) is 5. The Bertz CT molecular complexity index is 540. The molecule has 0 aliphatic heterocycles. The molecule has 0 saturated heterocycles. The first-order valence-corrected chi connectivity index (χ1v) is 8.49. The molecule has 2 atom stereocenters. The van der Waals surface area contributed by atoms with Crippen LogP contribution in [0.25, 0.3) is 0 Å². The van der Waals surface area contributed by atoms with Gasteiger partial charge in [-0.2, -0.15) is 0 Å². The average molecular weight is 349 g/mol. The smallest absolute Gasteiger partial charge is 0.427 e. The molecule has 138 valence electrons. The molecule has 1 aromatic carbocycles. The van der Waals surface area contributed by atoms with Crippen molar-refractivity contribution in [3.63, 3.8) is 0 Å². The molecule has 0 aliphatic carbocycles. The van der Waals surface area contributed by atoms with E-state index in [0.29, 0.717) is 18.8 Å². The average Bonchev–Trinajstić information content (AvgIpc) is 2.56. The number of nitrogens with one attached hydrogen (secondary N) is 2. The molecule has 8 heteroatoms. The largest absolute Gasteiger partial charge is 0.456 e. The van der Waals surface area contributed by atoms with Crippen LogP contribution < -0.4 is 16.4 Å². The standard InChI is InChI=1S/C17H28BN3O4/c1-12(2)8-15(19)17(23)21-11-16(22)20-10-14(18(24)25)9-13-6-4-3-5-7-13/h3-7,12,14-15,24-25H,8-11,19H2,1-2H3,(H,20,22)(H,21,23)/t14-,15-/m0/s1. The number of rotatable bonds is 10. The third-order valence-electron chi connectivity index (χ3n) is 3.81. The minimum absolute atomic E-state index is 0.0965. The van der Waals surface area contributed by atoms with Crippen LogP contribution >= 0.6 is 0 Å². The highest BCUT2D eigenvalue weighted by Gasteiger charge is 2.24. The molecule has 1 rings (SSSR count). The fraction of sp³-hybridized carbons (Fsp3) is 0.529. The lowest BCUT2D eigenvalue weighted by molar-refractivity contribution is -0.127. The van der Waals surface area contributed by atoms with Crippen LogP contribution in [-0.2, 0) is 16.0 Å². The highest BCUT2D eigenvalue weighted by atomic mass is 16.4. The Balaban J connectivity index is 2.38. The van der Waals surface area contributed by atoms with Crippen LogP contribution in [-0.4, -0.2) is 48.1 Å². The van der Waals surface area contributed by atoms with Crippen molar-refractivity contribution in [2.45, 2.75) is 38.5 Å². The zero-order valence-corrected chi connectivity index (χ0v) is 14.8. The van der Waals surface area contributed by atoms with Gasteiger partial charge in [0, 0.05) is 12.4 Å². The van der Waals surface area contributed by atoms with Gasteiger partial charge in [-0.15, -0.1) is 0 Å². The predicted molar refractivity (Wildman–Crippen MR) is 97.5 cm³/mol. The van der Waals surface area contributed by atoms with Crippen LogP contribution in [0.2, 0.25) is 5.82 Å². The summed E-state index contributed by atoms with van der Waals surface area (Å²) in [6.07, 6.45) is 0.966. The van der Waals surface area contributed by atoms with Crippen LogP contribution in [0.15, 0.2) is 30.3 Å². The first-order chi connectivity index (χ1) is 11.8. The van der Waals surface area contributed by atoms with Gasteiger partial charge in [-0.1, -0.05) is 44.2 Å². The van der Waals surface area contributed by atoms with Crippen molar-refractivity contribution < 1.29 is 19.6 Å². The Morgan fingerprint density at radius 2 is 1.80 bits per heavy atom. The Hall–Kier alpha value is -1.90. The van der Waals surface area contributed by atoms with Crippen LogP contribution in [0.4, 0.5) is 0 Å². The maximum absolute atomic E-state index is 11.8. The molecule has 0 unspecified atom stereocenters. The van der Waals surface area contributed by atoms with Gasteiger partial charge in [-0.25, -0.2) is 0 Å². The lowest BCUT2D eigenvalue weighted by Gasteiger charge is -2.17. The summed E-state index contributed by atoms with van der Waals surface area (Å²) in [4.78, 5) is 23.6. The SMILES string of the molecule is CC(C)C[C@H](N)C(=O)NCC(=O)NC[C@H](Cc1ccccc1)B(O)O. The zero-order chi connectivity index (χ0) is 18.8. The van der Waals surface area contributed by atoms with Crippen LogP contribution in [0.3, 0.4) is 0 Å². The first kappa shape index (κ1) is 21.1. The lowest BCUT2D eigenvalue weighted by atomic mass is 9.69. The van der Waals surface area contributed by atoms with E-state index < -0.39 is 24.9 Å². The van der Waals surface area contributed by atoms with E-state index in [4.69, 9.17) is 5.73 Å². The third-order valence-corrected chi connectivity index (χ3v) is 3.81. The van der Waals surface area contributed by atoms with Gasteiger partial charge in [0.25, 0.3) is 0 Å². The maximum atomic E-state index is 11.8. The fourth-order valence-corrected chi connectivity index (χ4v) is 2.42. The van der Waals surface area contributed by atoms with E-state index in [1.54, 1.807) is 0 Å². The second-order valence-corrected chi connectivity index (χ2v) is 6.62. The van der Waals surface area contributed by atoms with E-state index in [9.17, 15) is 19.6 Å². The van der Waals surface area contributed by atoms with Crippen LogP contribution in [0.1, 0.15) is 25.8 Å². The van der Waals surface area contributed by atoms with Gasteiger partial charge in [0.05, 0.1) is 12.6 Å². The summed E-state index contributed by atoms with van der Waals surface area (Å²) in [5, 5.41) is 24.1. The number of carbonyl (C=O) groups excluding carboxylic acids is 2. The highest BCUT2D eigenvalue weighted by molar-refractivity contribution is 6.43. The number of benzene rings is 1. The molecule has 25 heavy (non-hydrogen) atoms. The van der Waals surface area contributed by atoms with Gasteiger partial charge in [0.1, 0.15) is 0 Å². The number of amides is 2. The van der Waals surface area contributed by atoms with Crippen LogP contribution in [0.5, 0.6) is 0 Å². The molecule has 0 aliphatic rings. The summed E-state index contributed by atoms with van der Waals surface area (Å²) >= 11 is 0. The van der Waals surface area contributed by atoms with E-state index >= 15 is 0 Å². The molecule has 2 amide bonds. The van der Waals surface area contributed by atoms with Gasteiger partial charge in [-0.05, 0) is 24.3 Å². The second-order valence-electron chi connectivity index (χ2n) is 6.62. The number of nitrogens with two attached hydrogens (primary N) is 1. The van der Waals surface area contributed by atoms with E-state index in [1.165, 1.54) is 0 Å². The van der Waals surface area contributed by atoms with Crippen molar-refractivity contribution in [2.24, 2.45) is 11.7 Å². The molecule has 1 aromatic rings. The topological polar surface area (TPSA) is 125 Å². The predicted octanol–water partition coefficient (Wildman–Crippen LogP) is -0.322. The van der Waals surface area contributed by atoms with Crippen molar-refractivity contribution in [3.05, 3.63) is 35.9 Å². The molecule has 0 bridgehead atoms. The Kier molecular flexibility index (Phi) is 9.19. The molecule has 0 spiro atoms. The lowest BCUT2D eigenvalue weighted by Crippen LogP contribution is -2.46.